The molecule has 1 N–H and O–H groups in total. The van der Waals surface area contributed by atoms with Crippen LogP contribution < -0.4 is 10.9 Å². The van der Waals surface area contributed by atoms with Gasteiger partial charge in [-0.05, 0) is 58.6 Å². The fraction of sp³-hybridized carbons (Fsp3) is 0.536. The Morgan fingerprint density at radius 1 is 1.11 bits per heavy atom. The van der Waals surface area contributed by atoms with Crippen molar-refractivity contribution in [2.45, 2.75) is 78.9 Å². The van der Waals surface area contributed by atoms with Crippen molar-refractivity contribution < 1.29 is 4.79 Å². The molecule has 7 nitrogen and oxygen atoms in total. The summed E-state index contributed by atoms with van der Waals surface area (Å²) in [6, 6.07) is 9.12. The molecule has 4 rings (SSSR count). The highest BCUT2D eigenvalue weighted by molar-refractivity contribution is 5.87. The maximum atomic E-state index is 13.3. The molecule has 0 aliphatic carbocycles. The number of amides is 1. The second-order valence-corrected chi connectivity index (χ2v) is 9.94. The van der Waals surface area contributed by atoms with Crippen LogP contribution in [0.25, 0.3) is 10.8 Å². The standard InChI is InChI=1S/C28H39N5O2/c1-5-24-9-6-7-15-31(24)16-8-14-29-26(34)19-33-28(35)27-22(4)32(21(3)25(27)17-30-33)18-23-12-10-20(2)11-13-23/h10-13,17,24H,5-9,14-16,18-19H2,1-4H3,(H,29,34)/t24-/m0/s1. The number of likely N-dealkylation sites (tertiary alicyclic amines) is 1. The summed E-state index contributed by atoms with van der Waals surface area (Å²) in [6.45, 7) is 11.8. The lowest BCUT2D eigenvalue weighted by Crippen LogP contribution is -2.41. The second-order valence-electron chi connectivity index (χ2n) is 9.94. The summed E-state index contributed by atoms with van der Waals surface area (Å²) in [5.74, 6) is -0.168. The average Bonchev–Trinajstić information content (AvgIpc) is 3.10. The van der Waals surface area contributed by atoms with E-state index in [0.29, 0.717) is 24.5 Å². The van der Waals surface area contributed by atoms with E-state index in [1.165, 1.54) is 41.5 Å². The molecule has 0 spiro atoms. The zero-order valence-electron chi connectivity index (χ0n) is 21.6. The van der Waals surface area contributed by atoms with Gasteiger partial charge in [-0.15, -0.1) is 0 Å². The minimum atomic E-state index is -0.208. The van der Waals surface area contributed by atoms with Crippen molar-refractivity contribution in [1.82, 2.24) is 24.6 Å². The molecule has 3 heterocycles. The van der Waals surface area contributed by atoms with E-state index in [0.717, 1.165) is 36.3 Å². The molecule has 188 valence electrons. The number of rotatable bonds is 9. The third-order valence-corrected chi connectivity index (χ3v) is 7.52. The van der Waals surface area contributed by atoms with E-state index in [4.69, 9.17) is 0 Å². The number of nitrogens with one attached hydrogen (secondary N) is 1. The van der Waals surface area contributed by atoms with Crippen LogP contribution in [0.2, 0.25) is 0 Å². The lowest BCUT2D eigenvalue weighted by molar-refractivity contribution is -0.121. The fourth-order valence-electron chi connectivity index (χ4n) is 5.39. The van der Waals surface area contributed by atoms with Gasteiger partial charge >= 0.3 is 0 Å². The minimum Gasteiger partial charge on any atom is -0.354 e. The molecule has 1 aliphatic rings. The molecule has 0 saturated carbocycles. The number of benzene rings is 1. The molecular weight excluding hydrogens is 438 g/mol. The van der Waals surface area contributed by atoms with Crippen LogP contribution in [0.5, 0.6) is 0 Å². The minimum absolute atomic E-state index is 0.0578. The van der Waals surface area contributed by atoms with Crippen LogP contribution in [-0.2, 0) is 17.9 Å². The van der Waals surface area contributed by atoms with E-state index in [2.05, 4.69) is 58.0 Å². The molecule has 1 amide bonds. The van der Waals surface area contributed by atoms with Crippen molar-refractivity contribution in [1.29, 1.82) is 0 Å². The van der Waals surface area contributed by atoms with E-state index in [1.54, 1.807) is 6.20 Å². The molecule has 7 heteroatoms. The van der Waals surface area contributed by atoms with Crippen molar-refractivity contribution in [2.24, 2.45) is 0 Å². The Morgan fingerprint density at radius 2 is 1.89 bits per heavy atom. The molecule has 0 bridgehead atoms. The lowest BCUT2D eigenvalue weighted by atomic mass is 10.00. The summed E-state index contributed by atoms with van der Waals surface area (Å²) in [4.78, 5) is 28.4. The molecule has 3 aromatic rings. The van der Waals surface area contributed by atoms with Crippen molar-refractivity contribution in [3.63, 3.8) is 0 Å². The highest BCUT2D eigenvalue weighted by atomic mass is 16.2. The Morgan fingerprint density at radius 3 is 2.63 bits per heavy atom. The predicted octanol–water partition coefficient (Wildman–Crippen LogP) is 3.94. The Balaban J connectivity index is 1.40. The number of aromatic nitrogens is 3. The number of piperidine rings is 1. The van der Waals surface area contributed by atoms with E-state index in [9.17, 15) is 9.59 Å². The fourth-order valence-corrected chi connectivity index (χ4v) is 5.39. The number of fused-ring (bicyclic) bond motifs is 1. The molecule has 0 unspecified atom stereocenters. The average molecular weight is 478 g/mol. The maximum absolute atomic E-state index is 13.3. The lowest BCUT2D eigenvalue weighted by Gasteiger charge is -2.35. The molecule has 1 fully saturated rings. The van der Waals surface area contributed by atoms with Gasteiger partial charge in [-0.3, -0.25) is 9.59 Å². The highest BCUT2D eigenvalue weighted by Crippen LogP contribution is 2.23. The summed E-state index contributed by atoms with van der Waals surface area (Å²) in [5, 5.41) is 8.80. The monoisotopic (exact) mass is 477 g/mol. The Hall–Kier alpha value is -2.93. The Bertz CT molecular complexity index is 1220. The third kappa shape index (κ3) is 5.67. The van der Waals surface area contributed by atoms with E-state index < -0.39 is 0 Å². The summed E-state index contributed by atoms with van der Waals surface area (Å²) in [7, 11) is 0. The van der Waals surface area contributed by atoms with Gasteiger partial charge in [-0.2, -0.15) is 5.10 Å². The maximum Gasteiger partial charge on any atom is 0.276 e. The van der Waals surface area contributed by atoms with Crippen LogP contribution in [0.4, 0.5) is 0 Å². The normalized spacial score (nSPS) is 16.6. The number of aryl methyl sites for hydroxylation is 3. The molecule has 0 radical (unpaired) electrons. The first-order chi connectivity index (χ1) is 16.9. The molecular formula is C28H39N5O2. The van der Waals surface area contributed by atoms with Crippen LogP contribution >= 0.6 is 0 Å². The van der Waals surface area contributed by atoms with Gasteiger partial charge in [0, 0.05) is 42.5 Å². The van der Waals surface area contributed by atoms with Crippen LogP contribution in [-0.4, -0.2) is 50.8 Å². The van der Waals surface area contributed by atoms with Crippen LogP contribution in [0.15, 0.2) is 35.3 Å². The quantitative estimate of drug-likeness (QED) is 0.474. The number of hydrogen-bond donors (Lipinski definition) is 1. The van der Waals surface area contributed by atoms with Crippen molar-refractivity contribution >= 4 is 16.7 Å². The summed E-state index contributed by atoms with van der Waals surface area (Å²) in [6.07, 6.45) is 7.71. The van der Waals surface area contributed by atoms with Gasteiger partial charge in [0.1, 0.15) is 6.54 Å². The smallest absolute Gasteiger partial charge is 0.276 e. The van der Waals surface area contributed by atoms with Crippen LogP contribution in [0.3, 0.4) is 0 Å². The first-order valence-electron chi connectivity index (χ1n) is 13.0. The van der Waals surface area contributed by atoms with Gasteiger partial charge in [0.15, 0.2) is 0 Å². The van der Waals surface area contributed by atoms with Gasteiger partial charge in [0.05, 0.1) is 11.6 Å². The zero-order chi connectivity index (χ0) is 24.9. The largest absolute Gasteiger partial charge is 0.354 e. The summed E-state index contributed by atoms with van der Waals surface area (Å²) in [5.41, 5.74) is 4.13. The number of carbonyl (C=O) groups excluding carboxylic acids is 1. The molecule has 2 aromatic heterocycles. The summed E-state index contributed by atoms with van der Waals surface area (Å²) < 4.78 is 3.45. The molecule has 1 aromatic carbocycles. The van der Waals surface area contributed by atoms with Gasteiger partial charge in [-0.1, -0.05) is 43.2 Å². The topological polar surface area (TPSA) is 72.2 Å². The Kier molecular flexibility index (Phi) is 8.06. The zero-order valence-corrected chi connectivity index (χ0v) is 21.6. The van der Waals surface area contributed by atoms with Crippen molar-refractivity contribution in [3.05, 3.63) is 63.3 Å². The predicted molar refractivity (Wildman–Crippen MR) is 141 cm³/mol. The number of hydrogen-bond acceptors (Lipinski definition) is 4. The van der Waals surface area contributed by atoms with E-state index >= 15 is 0 Å². The first-order valence-corrected chi connectivity index (χ1v) is 13.0. The molecule has 35 heavy (non-hydrogen) atoms. The van der Waals surface area contributed by atoms with Crippen LogP contribution in [0, 0.1) is 20.8 Å². The summed E-state index contributed by atoms with van der Waals surface area (Å²) >= 11 is 0. The van der Waals surface area contributed by atoms with Crippen LogP contribution in [0.1, 0.15) is 61.5 Å². The first kappa shape index (κ1) is 25.2. The van der Waals surface area contributed by atoms with E-state index in [1.807, 2.05) is 13.8 Å². The molecule has 1 aliphatic heterocycles. The number of carbonyl (C=O) groups is 1. The van der Waals surface area contributed by atoms with Gasteiger partial charge in [0.25, 0.3) is 5.56 Å². The number of nitrogens with zero attached hydrogens (tertiary/aromatic N) is 4. The van der Waals surface area contributed by atoms with Gasteiger partial charge < -0.3 is 14.8 Å². The van der Waals surface area contributed by atoms with Crippen molar-refractivity contribution in [2.75, 3.05) is 19.6 Å². The second kappa shape index (κ2) is 11.2. The molecule has 1 saturated heterocycles. The van der Waals surface area contributed by atoms with Gasteiger partial charge in [0.2, 0.25) is 5.91 Å². The Labute approximate surface area is 208 Å². The SMILES string of the molecule is CC[C@H]1CCCCN1CCCNC(=O)Cn1ncc2c(C)n(Cc3ccc(C)cc3)c(C)c2c1=O. The third-order valence-electron chi connectivity index (χ3n) is 7.52. The van der Waals surface area contributed by atoms with Crippen molar-refractivity contribution in [3.8, 4) is 0 Å². The van der Waals surface area contributed by atoms with E-state index in [-0.39, 0.29) is 18.0 Å². The van der Waals surface area contributed by atoms with Gasteiger partial charge in [-0.25, -0.2) is 4.68 Å². The highest BCUT2D eigenvalue weighted by Gasteiger charge is 2.20. The molecule has 1 atom stereocenters.